The third kappa shape index (κ3) is 7.86. The molecule has 0 aliphatic heterocycles. The standard InChI is InChI=1S/C32H34F3N3O5/c1-41-17-16-38(31(40)23-9-11-25(12-10-23)32(33,34)35)21-30(39)37(20-22-8-13-28(42-2)29(18-22)43-3)15-14-24-19-36-27-7-5-4-6-26(24)27/h4-13,18-19,36H,14-17,20-21H2,1-3H3. The zero-order valence-electron chi connectivity index (χ0n) is 24.2. The van der Waals surface area contributed by atoms with Gasteiger partial charge < -0.3 is 29.0 Å². The molecule has 0 aliphatic rings. The number of aromatic nitrogens is 1. The van der Waals surface area contributed by atoms with Crippen LogP contribution in [0.2, 0.25) is 0 Å². The fraction of sp³-hybridized carbons (Fsp3) is 0.312. The number of rotatable bonds is 13. The Hall–Kier alpha value is -4.51. The van der Waals surface area contributed by atoms with Crippen molar-refractivity contribution in [3.63, 3.8) is 0 Å². The Balaban J connectivity index is 1.58. The molecule has 43 heavy (non-hydrogen) atoms. The number of methoxy groups -OCH3 is 3. The molecule has 3 aromatic carbocycles. The summed E-state index contributed by atoms with van der Waals surface area (Å²) < 4.78 is 55.1. The normalized spacial score (nSPS) is 11.4. The molecule has 228 valence electrons. The maximum Gasteiger partial charge on any atom is 0.416 e. The van der Waals surface area contributed by atoms with Crippen molar-refractivity contribution < 1.29 is 37.0 Å². The number of H-pyrrole nitrogens is 1. The second kappa shape index (κ2) is 14.1. The van der Waals surface area contributed by atoms with Gasteiger partial charge in [0.2, 0.25) is 5.91 Å². The van der Waals surface area contributed by atoms with E-state index in [4.69, 9.17) is 14.2 Å². The smallest absolute Gasteiger partial charge is 0.416 e. The zero-order chi connectivity index (χ0) is 31.0. The van der Waals surface area contributed by atoms with Crippen LogP contribution in [0.4, 0.5) is 13.2 Å². The molecule has 4 aromatic rings. The van der Waals surface area contributed by atoms with Gasteiger partial charge in [-0.2, -0.15) is 13.2 Å². The van der Waals surface area contributed by atoms with Gasteiger partial charge in [-0.3, -0.25) is 9.59 Å². The van der Waals surface area contributed by atoms with Crippen LogP contribution in [-0.4, -0.2) is 74.2 Å². The van der Waals surface area contributed by atoms with Crippen LogP contribution < -0.4 is 9.47 Å². The molecule has 1 heterocycles. The highest BCUT2D eigenvalue weighted by atomic mass is 19.4. The molecule has 0 bridgehead atoms. The first-order chi connectivity index (χ1) is 20.6. The largest absolute Gasteiger partial charge is 0.493 e. The van der Waals surface area contributed by atoms with Crippen LogP contribution in [0.1, 0.15) is 27.0 Å². The highest BCUT2D eigenvalue weighted by molar-refractivity contribution is 5.96. The SMILES string of the molecule is COCCN(CC(=O)N(CCc1c[nH]c2ccccc12)Cc1ccc(OC)c(OC)c1)C(=O)c1ccc(C(F)(F)F)cc1. The molecule has 0 fully saturated rings. The van der Waals surface area contributed by atoms with E-state index in [1.54, 1.807) is 17.0 Å². The first-order valence-corrected chi connectivity index (χ1v) is 13.6. The Morgan fingerprint density at radius 1 is 0.860 bits per heavy atom. The number of alkyl halides is 3. The predicted molar refractivity (Wildman–Crippen MR) is 156 cm³/mol. The summed E-state index contributed by atoms with van der Waals surface area (Å²) in [5, 5.41) is 1.06. The van der Waals surface area contributed by atoms with E-state index in [0.717, 1.165) is 46.3 Å². The summed E-state index contributed by atoms with van der Waals surface area (Å²) in [4.78, 5) is 33.4. The Morgan fingerprint density at radius 3 is 2.26 bits per heavy atom. The van der Waals surface area contributed by atoms with E-state index in [0.29, 0.717) is 24.5 Å². The summed E-state index contributed by atoms with van der Waals surface area (Å²) in [6, 6.07) is 17.2. The van der Waals surface area contributed by atoms with Gasteiger partial charge >= 0.3 is 6.18 Å². The number of nitrogens with zero attached hydrogens (tertiary/aromatic N) is 2. The molecule has 0 saturated carbocycles. The van der Waals surface area contributed by atoms with Gasteiger partial charge in [-0.05, 0) is 60.0 Å². The number of amides is 2. The average molecular weight is 598 g/mol. The lowest BCUT2D eigenvalue weighted by molar-refractivity contribution is -0.137. The minimum Gasteiger partial charge on any atom is -0.493 e. The quantitative estimate of drug-likeness (QED) is 0.218. The van der Waals surface area contributed by atoms with Crippen LogP contribution in [0, 0.1) is 0 Å². The Morgan fingerprint density at radius 2 is 1.58 bits per heavy atom. The number of aromatic amines is 1. The number of para-hydroxylation sites is 1. The maximum atomic E-state index is 13.8. The second-order valence-corrected chi connectivity index (χ2v) is 9.91. The molecule has 0 aliphatic carbocycles. The van der Waals surface area contributed by atoms with Crippen LogP contribution in [0.5, 0.6) is 11.5 Å². The number of benzene rings is 3. The van der Waals surface area contributed by atoms with Gasteiger partial charge in [0.1, 0.15) is 6.54 Å². The number of hydrogen-bond acceptors (Lipinski definition) is 5. The Kier molecular flexibility index (Phi) is 10.3. The summed E-state index contributed by atoms with van der Waals surface area (Å²) in [7, 11) is 4.53. The van der Waals surface area contributed by atoms with E-state index in [-0.39, 0.29) is 37.7 Å². The molecule has 11 heteroatoms. The highest BCUT2D eigenvalue weighted by Crippen LogP contribution is 2.30. The van der Waals surface area contributed by atoms with Gasteiger partial charge in [0, 0.05) is 49.4 Å². The van der Waals surface area contributed by atoms with E-state index in [1.165, 1.54) is 26.2 Å². The first-order valence-electron chi connectivity index (χ1n) is 13.6. The topological polar surface area (TPSA) is 84.1 Å². The van der Waals surface area contributed by atoms with E-state index in [1.807, 2.05) is 36.5 Å². The zero-order valence-corrected chi connectivity index (χ0v) is 24.2. The molecular weight excluding hydrogens is 563 g/mol. The van der Waals surface area contributed by atoms with Crippen LogP contribution in [0.3, 0.4) is 0 Å². The fourth-order valence-corrected chi connectivity index (χ4v) is 4.79. The van der Waals surface area contributed by atoms with Crippen LogP contribution in [0.25, 0.3) is 10.9 Å². The van der Waals surface area contributed by atoms with Crippen molar-refractivity contribution in [2.45, 2.75) is 19.1 Å². The summed E-state index contributed by atoms with van der Waals surface area (Å²) in [5.41, 5.74) is 2.01. The van der Waals surface area contributed by atoms with E-state index >= 15 is 0 Å². The Labute approximate surface area is 247 Å². The highest BCUT2D eigenvalue weighted by Gasteiger charge is 2.31. The van der Waals surface area contributed by atoms with Gasteiger partial charge in [-0.1, -0.05) is 24.3 Å². The van der Waals surface area contributed by atoms with E-state index in [2.05, 4.69) is 4.98 Å². The molecule has 1 aromatic heterocycles. The third-order valence-electron chi connectivity index (χ3n) is 7.14. The number of fused-ring (bicyclic) bond motifs is 1. The molecule has 2 amide bonds. The summed E-state index contributed by atoms with van der Waals surface area (Å²) >= 11 is 0. The van der Waals surface area contributed by atoms with Crippen molar-refractivity contribution in [2.75, 3.05) is 47.6 Å². The monoisotopic (exact) mass is 597 g/mol. The summed E-state index contributed by atoms with van der Waals surface area (Å²) in [5.74, 6) is 0.173. The Bertz CT molecular complexity index is 1540. The molecule has 0 unspecified atom stereocenters. The number of nitrogens with one attached hydrogen (secondary N) is 1. The fourth-order valence-electron chi connectivity index (χ4n) is 4.79. The van der Waals surface area contributed by atoms with Crippen molar-refractivity contribution in [1.82, 2.24) is 14.8 Å². The van der Waals surface area contributed by atoms with Crippen molar-refractivity contribution >= 4 is 22.7 Å². The molecular formula is C32H34F3N3O5. The van der Waals surface area contributed by atoms with Gasteiger partial charge in [0.15, 0.2) is 11.5 Å². The lowest BCUT2D eigenvalue weighted by atomic mass is 10.1. The van der Waals surface area contributed by atoms with Crippen molar-refractivity contribution in [3.8, 4) is 11.5 Å². The molecule has 8 nitrogen and oxygen atoms in total. The number of halogens is 3. The molecule has 1 N–H and O–H groups in total. The van der Waals surface area contributed by atoms with Gasteiger partial charge in [-0.25, -0.2) is 0 Å². The number of carbonyl (C=O) groups excluding carboxylic acids is 2. The summed E-state index contributed by atoms with van der Waals surface area (Å²) in [6.07, 6.45) is -2.06. The van der Waals surface area contributed by atoms with Gasteiger partial charge in [-0.15, -0.1) is 0 Å². The van der Waals surface area contributed by atoms with Crippen LogP contribution >= 0.6 is 0 Å². The minimum absolute atomic E-state index is 0.0436. The van der Waals surface area contributed by atoms with Gasteiger partial charge in [0.05, 0.1) is 26.4 Å². The predicted octanol–water partition coefficient (Wildman–Crippen LogP) is 5.56. The first kappa shape index (κ1) is 31.4. The number of ether oxygens (including phenoxy) is 3. The molecule has 0 saturated heterocycles. The lowest BCUT2D eigenvalue weighted by Crippen LogP contribution is -2.44. The summed E-state index contributed by atoms with van der Waals surface area (Å²) in [6.45, 7) is 0.513. The van der Waals surface area contributed by atoms with Crippen LogP contribution in [0.15, 0.2) is 72.9 Å². The van der Waals surface area contributed by atoms with Crippen molar-refractivity contribution in [1.29, 1.82) is 0 Å². The van der Waals surface area contributed by atoms with Crippen molar-refractivity contribution in [2.24, 2.45) is 0 Å². The molecule has 0 spiro atoms. The molecule has 0 atom stereocenters. The maximum absolute atomic E-state index is 13.8. The van der Waals surface area contributed by atoms with E-state index < -0.39 is 17.6 Å². The molecule has 0 radical (unpaired) electrons. The van der Waals surface area contributed by atoms with E-state index in [9.17, 15) is 22.8 Å². The van der Waals surface area contributed by atoms with Crippen LogP contribution in [-0.2, 0) is 28.7 Å². The minimum atomic E-state index is -4.53. The average Bonchev–Trinajstić information content (AvgIpc) is 3.43. The number of carbonyl (C=O) groups is 2. The lowest BCUT2D eigenvalue weighted by Gasteiger charge is -2.28. The van der Waals surface area contributed by atoms with Gasteiger partial charge in [0.25, 0.3) is 5.91 Å². The third-order valence-corrected chi connectivity index (χ3v) is 7.14. The second-order valence-electron chi connectivity index (χ2n) is 9.91. The molecule has 4 rings (SSSR count). The number of hydrogen-bond donors (Lipinski definition) is 1. The van der Waals surface area contributed by atoms with Crippen molar-refractivity contribution in [3.05, 3.63) is 95.2 Å².